The van der Waals surface area contributed by atoms with E-state index in [9.17, 15) is 14.7 Å². The second-order valence-corrected chi connectivity index (χ2v) is 4.44. The average molecular weight is 268 g/mol. The lowest BCUT2D eigenvalue weighted by Gasteiger charge is -2.20. The van der Waals surface area contributed by atoms with Crippen LogP contribution in [0.5, 0.6) is 0 Å². The smallest absolute Gasteiger partial charge is 0.330 e. The molecule has 3 N–H and O–H groups in total. The molecule has 1 fully saturated rings. The molecule has 1 aliphatic rings. The minimum Gasteiger partial charge on any atom is -0.394 e. The van der Waals surface area contributed by atoms with E-state index < -0.39 is 35.6 Å². The Bertz CT molecular complexity index is 564. The molecule has 1 aromatic rings. The molecule has 0 bridgehead atoms. The quantitative estimate of drug-likeness (QED) is 0.606. The van der Waals surface area contributed by atoms with E-state index >= 15 is 0 Å². The van der Waals surface area contributed by atoms with Crippen LogP contribution in [0.2, 0.25) is 0 Å². The molecule has 1 unspecified atom stereocenters. The number of aromatic amines is 1. The van der Waals surface area contributed by atoms with E-state index in [0.717, 1.165) is 0 Å². The molecule has 2 heterocycles. The predicted molar refractivity (Wildman–Crippen MR) is 66.6 cm³/mol. The Labute approximate surface area is 108 Å². The van der Waals surface area contributed by atoms with Gasteiger partial charge in [0.25, 0.3) is 5.56 Å². The molecule has 7 heteroatoms. The van der Waals surface area contributed by atoms with Gasteiger partial charge in [-0.2, -0.15) is 0 Å². The van der Waals surface area contributed by atoms with Crippen LogP contribution in [0.15, 0.2) is 34.5 Å². The minimum atomic E-state index is -0.896. The van der Waals surface area contributed by atoms with E-state index in [1.807, 2.05) is 0 Å². The molecule has 0 spiro atoms. The van der Waals surface area contributed by atoms with Crippen LogP contribution in [0.4, 0.5) is 0 Å². The molecule has 1 aromatic heterocycles. The van der Waals surface area contributed by atoms with Gasteiger partial charge < -0.3 is 14.9 Å². The highest BCUT2D eigenvalue weighted by Gasteiger charge is 2.43. The van der Waals surface area contributed by atoms with Crippen molar-refractivity contribution < 1.29 is 14.9 Å². The third-order valence-corrected chi connectivity index (χ3v) is 3.24. The Morgan fingerprint density at radius 3 is 2.84 bits per heavy atom. The highest BCUT2D eigenvalue weighted by Crippen LogP contribution is 2.36. The number of nitrogens with one attached hydrogen (secondary N) is 1. The molecule has 4 atom stereocenters. The fourth-order valence-electron chi connectivity index (χ4n) is 2.30. The van der Waals surface area contributed by atoms with Gasteiger partial charge in [-0.3, -0.25) is 14.3 Å². The Balaban J connectivity index is 2.38. The molecule has 1 aliphatic heterocycles. The van der Waals surface area contributed by atoms with E-state index in [2.05, 4.69) is 11.6 Å². The topological polar surface area (TPSA) is 105 Å². The van der Waals surface area contributed by atoms with Crippen molar-refractivity contribution in [1.29, 1.82) is 0 Å². The maximum absolute atomic E-state index is 11.7. The van der Waals surface area contributed by atoms with Crippen LogP contribution in [-0.2, 0) is 4.74 Å². The van der Waals surface area contributed by atoms with Crippen LogP contribution in [-0.4, -0.2) is 38.6 Å². The first-order chi connectivity index (χ1) is 9.08. The number of aliphatic hydroxyl groups excluding tert-OH is 2. The first-order valence-corrected chi connectivity index (χ1v) is 5.95. The summed E-state index contributed by atoms with van der Waals surface area (Å²) < 4.78 is 6.69. The van der Waals surface area contributed by atoms with Gasteiger partial charge in [0.2, 0.25) is 0 Å². The van der Waals surface area contributed by atoms with Crippen LogP contribution in [0.3, 0.4) is 0 Å². The van der Waals surface area contributed by atoms with Gasteiger partial charge in [0.1, 0.15) is 12.3 Å². The number of aromatic nitrogens is 2. The van der Waals surface area contributed by atoms with Crippen LogP contribution < -0.4 is 11.2 Å². The van der Waals surface area contributed by atoms with Crippen molar-refractivity contribution in [3.05, 3.63) is 45.8 Å². The van der Waals surface area contributed by atoms with Gasteiger partial charge >= 0.3 is 5.69 Å². The summed E-state index contributed by atoms with van der Waals surface area (Å²) in [5.41, 5.74) is -1.11. The van der Waals surface area contributed by atoms with Crippen molar-refractivity contribution >= 4 is 0 Å². The summed E-state index contributed by atoms with van der Waals surface area (Å²) in [7, 11) is 0. The normalized spacial score (nSPS) is 30.4. The van der Waals surface area contributed by atoms with Crippen molar-refractivity contribution in [2.45, 2.75) is 24.9 Å². The fourth-order valence-corrected chi connectivity index (χ4v) is 2.30. The highest BCUT2D eigenvalue weighted by atomic mass is 16.5. The molecule has 2 rings (SSSR count). The Morgan fingerprint density at radius 1 is 1.53 bits per heavy atom. The van der Waals surface area contributed by atoms with E-state index in [4.69, 9.17) is 9.84 Å². The lowest BCUT2D eigenvalue weighted by Crippen LogP contribution is -2.34. The minimum absolute atomic E-state index is 0.344. The molecule has 0 radical (unpaired) electrons. The van der Waals surface area contributed by atoms with Crippen molar-refractivity contribution in [1.82, 2.24) is 9.55 Å². The molecule has 0 amide bonds. The third kappa shape index (κ3) is 2.53. The van der Waals surface area contributed by atoms with Crippen LogP contribution >= 0.6 is 0 Å². The number of aliphatic hydroxyl groups is 2. The second kappa shape index (κ2) is 5.52. The van der Waals surface area contributed by atoms with E-state index in [1.165, 1.54) is 16.8 Å². The molecule has 104 valence electrons. The highest BCUT2D eigenvalue weighted by molar-refractivity contribution is 4.95. The number of ether oxygens (including phenoxy) is 1. The zero-order valence-electron chi connectivity index (χ0n) is 10.2. The molecule has 19 heavy (non-hydrogen) atoms. The maximum Gasteiger partial charge on any atom is 0.330 e. The van der Waals surface area contributed by atoms with Gasteiger partial charge in [-0.15, -0.1) is 6.58 Å². The third-order valence-electron chi connectivity index (χ3n) is 3.24. The van der Waals surface area contributed by atoms with Gasteiger partial charge in [0.05, 0.1) is 12.7 Å². The molecule has 1 saturated heterocycles. The Hall–Kier alpha value is -1.70. The Kier molecular flexibility index (Phi) is 3.98. The van der Waals surface area contributed by atoms with Crippen molar-refractivity contribution in [2.24, 2.45) is 5.92 Å². The first kappa shape index (κ1) is 13.7. The number of H-pyrrole nitrogens is 1. The van der Waals surface area contributed by atoms with Crippen molar-refractivity contribution in [2.75, 3.05) is 6.61 Å². The summed E-state index contributed by atoms with van der Waals surface area (Å²) in [6.45, 7) is 3.26. The fraction of sp³-hybridized carbons (Fsp3) is 0.500. The van der Waals surface area contributed by atoms with Crippen LogP contribution in [0, 0.1) is 5.92 Å². The lowest BCUT2D eigenvalue weighted by atomic mass is 9.96. The molecule has 7 nitrogen and oxygen atoms in total. The molecule has 0 saturated carbocycles. The standard InChI is InChI=1S/C12H16N2O5/c1-2-3-7-10(17)8(6-15)19-11(7)14-5-4-9(16)13-12(14)18/h2,4-5,7-8,10-11,15,17H,1,3,6H2,(H,13,16,18)/t7?,8-,10-,11-/m1/s1. The first-order valence-electron chi connectivity index (χ1n) is 5.95. The van der Waals surface area contributed by atoms with Gasteiger partial charge in [-0.25, -0.2) is 4.79 Å². The Morgan fingerprint density at radius 2 is 2.26 bits per heavy atom. The van der Waals surface area contributed by atoms with E-state index in [1.54, 1.807) is 6.08 Å². The molecule has 0 aliphatic carbocycles. The summed E-state index contributed by atoms with van der Waals surface area (Å²) >= 11 is 0. The number of nitrogens with zero attached hydrogens (tertiary/aromatic N) is 1. The molecular formula is C12H16N2O5. The number of rotatable bonds is 4. The summed E-state index contributed by atoms with van der Waals surface area (Å²) in [5, 5.41) is 19.2. The van der Waals surface area contributed by atoms with Gasteiger partial charge in [-0.05, 0) is 6.42 Å². The predicted octanol–water partition coefficient (Wildman–Crippen LogP) is -1.02. The molecular weight excluding hydrogens is 252 g/mol. The monoisotopic (exact) mass is 268 g/mol. The van der Waals surface area contributed by atoms with Crippen LogP contribution in [0.25, 0.3) is 0 Å². The summed E-state index contributed by atoms with van der Waals surface area (Å²) in [5.74, 6) is -0.404. The van der Waals surface area contributed by atoms with Gasteiger partial charge in [0.15, 0.2) is 0 Å². The summed E-state index contributed by atoms with van der Waals surface area (Å²) in [4.78, 5) is 24.9. The van der Waals surface area contributed by atoms with Gasteiger partial charge in [0, 0.05) is 18.2 Å². The van der Waals surface area contributed by atoms with Crippen molar-refractivity contribution in [3.8, 4) is 0 Å². The van der Waals surface area contributed by atoms with E-state index in [-0.39, 0.29) is 6.61 Å². The summed E-state index contributed by atoms with van der Waals surface area (Å²) in [6.07, 6.45) is 0.957. The SMILES string of the molecule is C=CCC1[C@@H](O)[C@@H](CO)O[C@H]1n1ccc(=O)[nH]c1=O. The van der Waals surface area contributed by atoms with Gasteiger partial charge in [-0.1, -0.05) is 6.08 Å². The largest absolute Gasteiger partial charge is 0.394 e. The zero-order chi connectivity index (χ0) is 14.0. The number of hydrogen-bond acceptors (Lipinski definition) is 5. The number of hydrogen-bond donors (Lipinski definition) is 3. The number of allylic oxidation sites excluding steroid dienone is 1. The van der Waals surface area contributed by atoms with Crippen molar-refractivity contribution in [3.63, 3.8) is 0 Å². The van der Waals surface area contributed by atoms with E-state index in [0.29, 0.717) is 6.42 Å². The summed E-state index contributed by atoms with van der Waals surface area (Å²) in [6, 6.07) is 1.20. The average Bonchev–Trinajstić information content (AvgIpc) is 2.68. The van der Waals surface area contributed by atoms with Crippen LogP contribution in [0.1, 0.15) is 12.6 Å². The maximum atomic E-state index is 11.7. The molecule has 0 aromatic carbocycles. The zero-order valence-corrected chi connectivity index (χ0v) is 10.2. The lowest BCUT2D eigenvalue weighted by molar-refractivity contribution is -0.0480. The second-order valence-electron chi connectivity index (χ2n) is 4.44.